The average molecular weight is 319 g/mol. The quantitative estimate of drug-likeness (QED) is 0.929. The molecule has 1 aromatic rings. The highest BCUT2D eigenvalue weighted by Gasteiger charge is 2.31. The first-order valence-electron chi connectivity index (χ1n) is 8.23. The largest absolute Gasteiger partial charge is 0.493 e. The number of carbonyl (C=O) groups excluding carboxylic acids is 1. The Kier molecular flexibility index (Phi) is 4.91. The number of anilines is 1. The number of piperidine rings is 1. The highest BCUT2D eigenvalue weighted by molar-refractivity contribution is 5.89. The summed E-state index contributed by atoms with van der Waals surface area (Å²) in [5, 5.41) is 2.97. The van der Waals surface area contributed by atoms with Crippen molar-refractivity contribution in [3.63, 3.8) is 0 Å². The van der Waals surface area contributed by atoms with Gasteiger partial charge in [-0.3, -0.25) is 4.90 Å². The summed E-state index contributed by atoms with van der Waals surface area (Å²) in [4.78, 5) is 17.0. The number of ether oxygens (including phenoxy) is 2. The number of urea groups is 1. The fraction of sp³-hybridized carbons (Fsp3) is 0.588. The highest BCUT2D eigenvalue weighted by atomic mass is 16.5. The van der Waals surface area contributed by atoms with Gasteiger partial charge in [0.1, 0.15) is 0 Å². The Balaban J connectivity index is 1.62. The SMILES string of the molecule is COc1ccc(NC(=O)N2CCN3CCCCC3C2)cc1OC. The Labute approximate surface area is 137 Å². The summed E-state index contributed by atoms with van der Waals surface area (Å²) in [6.45, 7) is 3.76. The predicted octanol–water partition coefficient (Wildman–Crippen LogP) is 2.41. The average Bonchev–Trinajstić information content (AvgIpc) is 2.61. The molecule has 0 aromatic heterocycles. The Morgan fingerprint density at radius 2 is 1.96 bits per heavy atom. The van der Waals surface area contributed by atoms with Gasteiger partial charge in [-0.2, -0.15) is 0 Å². The van der Waals surface area contributed by atoms with Crippen molar-refractivity contribution in [1.82, 2.24) is 9.80 Å². The van der Waals surface area contributed by atoms with Gasteiger partial charge in [0.15, 0.2) is 11.5 Å². The van der Waals surface area contributed by atoms with Gasteiger partial charge in [0.2, 0.25) is 0 Å². The van der Waals surface area contributed by atoms with Gasteiger partial charge in [0.05, 0.1) is 14.2 Å². The molecular weight excluding hydrogens is 294 g/mol. The Hall–Kier alpha value is -1.95. The van der Waals surface area contributed by atoms with Gasteiger partial charge in [0.25, 0.3) is 0 Å². The monoisotopic (exact) mass is 319 g/mol. The lowest BCUT2D eigenvalue weighted by molar-refractivity contribution is 0.0678. The molecule has 0 radical (unpaired) electrons. The van der Waals surface area contributed by atoms with Gasteiger partial charge in [-0.25, -0.2) is 4.79 Å². The zero-order valence-corrected chi connectivity index (χ0v) is 13.9. The number of benzene rings is 1. The van der Waals surface area contributed by atoms with E-state index in [0.717, 1.165) is 25.3 Å². The van der Waals surface area contributed by atoms with E-state index >= 15 is 0 Å². The first-order valence-corrected chi connectivity index (χ1v) is 8.23. The summed E-state index contributed by atoms with van der Waals surface area (Å²) in [5.74, 6) is 1.27. The lowest BCUT2D eigenvalue weighted by Crippen LogP contribution is -2.56. The van der Waals surface area contributed by atoms with Crippen LogP contribution in [0.25, 0.3) is 0 Å². The molecule has 6 nitrogen and oxygen atoms in total. The van der Waals surface area contributed by atoms with Crippen molar-refractivity contribution in [1.29, 1.82) is 0 Å². The summed E-state index contributed by atoms with van der Waals surface area (Å²) in [6.07, 6.45) is 3.75. The van der Waals surface area contributed by atoms with Gasteiger partial charge < -0.3 is 19.7 Å². The second kappa shape index (κ2) is 7.08. The van der Waals surface area contributed by atoms with E-state index in [0.29, 0.717) is 17.5 Å². The summed E-state index contributed by atoms with van der Waals surface area (Å²) in [5.41, 5.74) is 0.721. The minimum Gasteiger partial charge on any atom is -0.493 e. The van der Waals surface area contributed by atoms with E-state index in [2.05, 4.69) is 10.2 Å². The number of fused-ring (bicyclic) bond motifs is 1. The van der Waals surface area contributed by atoms with E-state index < -0.39 is 0 Å². The van der Waals surface area contributed by atoms with Crippen LogP contribution < -0.4 is 14.8 Å². The maximum Gasteiger partial charge on any atom is 0.321 e. The first-order chi connectivity index (χ1) is 11.2. The van der Waals surface area contributed by atoms with Gasteiger partial charge in [-0.15, -0.1) is 0 Å². The molecule has 2 aliphatic heterocycles. The van der Waals surface area contributed by atoms with Crippen LogP contribution in [0.15, 0.2) is 18.2 Å². The van der Waals surface area contributed by atoms with Gasteiger partial charge in [-0.05, 0) is 31.5 Å². The number of methoxy groups -OCH3 is 2. The first kappa shape index (κ1) is 15.9. The van der Waals surface area contributed by atoms with Crippen LogP contribution in [0.1, 0.15) is 19.3 Å². The molecule has 1 aromatic carbocycles. The summed E-state index contributed by atoms with van der Waals surface area (Å²) in [6, 6.07) is 5.90. The van der Waals surface area contributed by atoms with Crippen molar-refractivity contribution in [2.45, 2.75) is 25.3 Å². The molecule has 1 N–H and O–H groups in total. The van der Waals surface area contributed by atoms with E-state index in [-0.39, 0.29) is 6.03 Å². The number of piperazine rings is 1. The Morgan fingerprint density at radius 1 is 1.13 bits per heavy atom. The minimum absolute atomic E-state index is 0.0394. The molecule has 0 bridgehead atoms. The molecule has 126 valence electrons. The number of nitrogens with one attached hydrogen (secondary N) is 1. The molecule has 3 rings (SSSR count). The molecule has 2 amide bonds. The lowest BCUT2D eigenvalue weighted by Gasteiger charge is -2.43. The van der Waals surface area contributed by atoms with E-state index in [1.807, 2.05) is 11.0 Å². The molecule has 1 unspecified atom stereocenters. The number of nitrogens with zero attached hydrogens (tertiary/aromatic N) is 2. The molecule has 0 aliphatic carbocycles. The molecule has 1 atom stereocenters. The Morgan fingerprint density at radius 3 is 2.74 bits per heavy atom. The minimum atomic E-state index is -0.0394. The maximum absolute atomic E-state index is 12.5. The third kappa shape index (κ3) is 3.52. The highest BCUT2D eigenvalue weighted by Crippen LogP contribution is 2.30. The fourth-order valence-corrected chi connectivity index (χ4v) is 3.46. The molecule has 23 heavy (non-hydrogen) atoms. The second-order valence-electron chi connectivity index (χ2n) is 6.13. The number of hydrogen-bond donors (Lipinski definition) is 1. The third-order valence-electron chi connectivity index (χ3n) is 4.76. The van der Waals surface area contributed by atoms with E-state index in [9.17, 15) is 4.79 Å². The normalized spacial score (nSPS) is 21.5. The van der Waals surface area contributed by atoms with Crippen molar-refractivity contribution in [3.05, 3.63) is 18.2 Å². The van der Waals surface area contributed by atoms with Crippen LogP contribution in [0.2, 0.25) is 0 Å². The number of rotatable bonds is 3. The van der Waals surface area contributed by atoms with E-state index in [1.165, 1.54) is 25.8 Å². The van der Waals surface area contributed by atoms with Crippen LogP contribution in [0.5, 0.6) is 11.5 Å². The van der Waals surface area contributed by atoms with Crippen LogP contribution in [0.3, 0.4) is 0 Å². The molecule has 2 aliphatic rings. The van der Waals surface area contributed by atoms with Crippen LogP contribution in [-0.4, -0.2) is 62.3 Å². The van der Waals surface area contributed by atoms with Crippen molar-refractivity contribution in [2.75, 3.05) is 45.7 Å². The Bertz CT molecular complexity index is 564. The topological polar surface area (TPSA) is 54.0 Å². The van der Waals surface area contributed by atoms with E-state index in [1.54, 1.807) is 26.4 Å². The van der Waals surface area contributed by atoms with Crippen LogP contribution in [0, 0.1) is 0 Å². The molecule has 0 spiro atoms. The maximum atomic E-state index is 12.5. The van der Waals surface area contributed by atoms with Gasteiger partial charge in [-0.1, -0.05) is 6.42 Å². The summed E-state index contributed by atoms with van der Waals surface area (Å²) in [7, 11) is 3.19. The zero-order chi connectivity index (χ0) is 16.2. The smallest absolute Gasteiger partial charge is 0.321 e. The standard InChI is InChI=1S/C17H25N3O3/c1-22-15-7-6-13(11-16(15)23-2)18-17(21)20-10-9-19-8-4-3-5-14(19)12-20/h6-7,11,14H,3-5,8-10,12H2,1-2H3,(H,18,21). The molecule has 6 heteroatoms. The zero-order valence-electron chi connectivity index (χ0n) is 13.9. The van der Waals surface area contributed by atoms with Crippen molar-refractivity contribution in [2.24, 2.45) is 0 Å². The number of carbonyl (C=O) groups is 1. The molecular formula is C17H25N3O3. The second-order valence-corrected chi connectivity index (χ2v) is 6.13. The lowest BCUT2D eigenvalue weighted by atomic mass is 10.00. The van der Waals surface area contributed by atoms with Crippen LogP contribution in [0.4, 0.5) is 10.5 Å². The van der Waals surface area contributed by atoms with Gasteiger partial charge >= 0.3 is 6.03 Å². The van der Waals surface area contributed by atoms with Crippen molar-refractivity contribution < 1.29 is 14.3 Å². The summed E-state index contributed by atoms with van der Waals surface area (Å²) < 4.78 is 10.5. The summed E-state index contributed by atoms with van der Waals surface area (Å²) >= 11 is 0. The number of amides is 2. The molecule has 2 heterocycles. The fourth-order valence-electron chi connectivity index (χ4n) is 3.46. The van der Waals surface area contributed by atoms with Crippen molar-refractivity contribution >= 4 is 11.7 Å². The van der Waals surface area contributed by atoms with Crippen LogP contribution in [-0.2, 0) is 0 Å². The molecule has 2 fully saturated rings. The predicted molar refractivity (Wildman–Crippen MR) is 89.3 cm³/mol. The van der Waals surface area contributed by atoms with Crippen molar-refractivity contribution in [3.8, 4) is 11.5 Å². The molecule has 0 saturated carbocycles. The van der Waals surface area contributed by atoms with Crippen LogP contribution >= 0.6 is 0 Å². The number of hydrogen-bond acceptors (Lipinski definition) is 4. The van der Waals surface area contributed by atoms with Gasteiger partial charge in [0, 0.05) is 37.4 Å². The third-order valence-corrected chi connectivity index (χ3v) is 4.76. The molecule has 2 saturated heterocycles. The van der Waals surface area contributed by atoms with E-state index in [4.69, 9.17) is 9.47 Å².